The van der Waals surface area contributed by atoms with Gasteiger partial charge < -0.3 is 10.2 Å². The Balaban J connectivity index is 0.00000161. The minimum atomic E-state index is 0. The van der Waals surface area contributed by atoms with E-state index in [1.165, 1.54) is 31.2 Å². The van der Waals surface area contributed by atoms with Crippen molar-refractivity contribution in [1.29, 1.82) is 0 Å². The highest BCUT2D eigenvalue weighted by Gasteiger charge is 2.36. The molecule has 3 nitrogen and oxygen atoms in total. The lowest BCUT2D eigenvalue weighted by Gasteiger charge is -2.31. The number of guanidine groups is 1. The van der Waals surface area contributed by atoms with Crippen LogP contribution in [0.25, 0.3) is 0 Å². The van der Waals surface area contributed by atoms with E-state index in [0.717, 1.165) is 30.1 Å². The molecule has 116 valence electrons. The smallest absolute Gasteiger partial charge is 0.193 e. The number of halogens is 2. The minimum absolute atomic E-state index is 0. The van der Waals surface area contributed by atoms with Crippen LogP contribution < -0.4 is 5.32 Å². The number of nitrogens with one attached hydrogen (secondary N) is 1. The second-order valence-corrected chi connectivity index (χ2v) is 6.89. The molecule has 1 N–H and O–H groups in total. The van der Waals surface area contributed by atoms with Crippen LogP contribution in [-0.4, -0.2) is 37.5 Å². The van der Waals surface area contributed by atoms with Crippen LogP contribution in [0.4, 0.5) is 0 Å². The highest BCUT2D eigenvalue weighted by atomic mass is 127. The third-order valence-corrected chi connectivity index (χ3v) is 5.19. The van der Waals surface area contributed by atoms with Gasteiger partial charge in [0.1, 0.15) is 0 Å². The molecule has 5 heteroatoms. The molecule has 0 atom stereocenters. The third-order valence-electron chi connectivity index (χ3n) is 4.66. The number of nitrogens with zero attached hydrogens (tertiary/aromatic N) is 2. The Morgan fingerprint density at radius 2 is 1.90 bits per heavy atom. The summed E-state index contributed by atoms with van der Waals surface area (Å²) in [5.41, 5.74) is 1.75. The molecule has 2 aliphatic rings. The first-order chi connectivity index (χ1) is 9.70. The molecule has 21 heavy (non-hydrogen) atoms. The highest BCUT2D eigenvalue weighted by molar-refractivity contribution is 14.0. The Morgan fingerprint density at radius 3 is 2.48 bits per heavy atom. The number of benzene rings is 1. The van der Waals surface area contributed by atoms with Gasteiger partial charge in [-0.05, 0) is 30.5 Å². The molecule has 0 spiro atoms. The number of likely N-dealkylation sites (N-methyl/N-ethyl adjacent to an activating group) is 1. The van der Waals surface area contributed by atoms with E-state index in [1.54, 1.807) is 0 Å². The maximum Gasteiger partial charge on any atom is 0.193 e. The highest BCUT2D eigenvalue weighted by Crippen LogP contribution is 2.41. The second-order valence-electron chi connectivity index (χ2n) is 5.97. The van der Waals surface area contributed by atoms with E-state index in [-0.39, 0.29) is 29.4 Å². The summed E-state index contributed by atoms with van der Waals surface area (Å²) in [5.74, 6) is 1.06. The molecule has 1 aliphatic heterocycles. The van der Waals surface area contributed by atoms with Crippen LogP contribution in [0, 0.1) is 0 Å². The topological polar surface area (TPSA) is 27.6 Å². The van der Waals surface area contributed by atoms with Crippen molar-refractivity contribution in [3.05, 3.63) is 34.3 Å². The maximum absolute atomic E-state index is 4.54. The summed E-state index contributed by atoms with van der Waals surface area (Å²) < 4.78 is 1.15. The number of hydrogen-bond donors (Lipinski definition) is 1. The van der Waals surface area contributed by atoms with Gasteiger partial charge in [0.05, 0.1) is 6.54 Å². The third kappa shape index (κ3) is 3.73. The second kappa shape index (κ2) is 7.31. The van der Waals surface area contributed by atoms with E-state index in [4.69, 9.17) is 0 Å². The van der Waals surface area contributed by atoms with Crippen molar-refractivity contribution in [3.8, 4) is 0 Å². The van der Waals surface area contributed by atoms with Gasteiger partial charge in [-0.2, -0.15) is 0 Å². The van der Waals surface area contributed by atoms with Gasteiger partial charge in [-0.3, -0.25) is 4.99 Å². The lowest BCUT2D eigenvalue weighted by molar-refractivity contribution is 0.422. The molecule has 1 aromatic rings. The quantitative estimate of drug-likeness (QED) is 0.691. The summed E-state index contributed by atoms with van der Waals surface area (Å²) in [4.78, 5) is 6.75. The minimum Gasteiger partial charge on any atom is -0.355 e. The summed E-state index contributed by atoms with van der Waals surface area (Å²) >= 11 is 3.53. The van der Waals surface area contributed by atoms with Gasteiger partial charge in [-0.15, -0.1) is 24.0 Å². The van der Waals surface area contributed by atoms with Gasteiger partial charge >= 0.3 is 0 Å². The summed E-state index contributed by atoms with van der Waals surface area (Å²) in [7, 11) is 2.11. The normalized spacial score (nSPS) is 20.1. The summed E-state index contributed by atoms with van der Waals surface area (Å²) in [6.07, 6.45) is 5.22. The first-order valence-corrected chi connectivity index (χ1v) is 8.24. The van der Waals surface area contributed by atoms with Gasteiger partial charge in [-0.1, -0.05) is 40.9 Å². The molecule has 1 aliphatic carbocycles. The fourth-order valence-electron chi connectivity index (χ4n) is 3.39. The van der Waals surface area contributed by atoms with Crippen molar-refractivity contribution in [2.45, 2.75) is 31.1 Å². The standard InChI is InChI=1S/C16H22BrN3.HI/c1-20-11-10-18-15(20)19-12-16(8-2-3-9-16)13-4-6-14(17)7-5-13;/h4-7H,2-3,8-12H2,1H3,(H,18,19);1H. The fourth-order valence-corrected chi connectivity index (χ4v) is 3.66. The fraction of sp³-hybridized carbons (Fsp3) is 0.562. The molecule has 0 aromatic heterocycles. The molecule has 0 amide bonds. The molecular weight excluding hydrogens is 441 g/mol. The predicted molar refractivity (Wildman–Crippen MR) is 103 cm³/mol. The van der Waals surface area contributed by atoms with Crippen molar-refractivity contribution >= 4 is 45.9 Å². The Hall–Kier alpha value is -0.300. The van der Waals surface area contributed by atoms with Crippen molar-refractivity contribution in [3.63, 3.8) is 0 Å². The zero-order valence-electron chi connectivity index (χ0n) is 12.4. The molecule has 0 radical (unpaired) electrons. The summed E-state index contributed by atoms with van der Waals surface area (Å²) in [5, 5.41) is 3.59. The van der Waals surface area contributed by atoms with Crippen LogP contribution >= 0.6 is 39.9 Å². The Bertz CT molecular complexity index is 495. The summed E-state index contributed by atoms with van der Waals surface area (Å²) in [6.45, 7) is 2.95. The van der Waals surface area contributed by atoms with Gasteiger partial charge in [0.15, 0.2) is 5.96 Å². The summed E-state index contributed by atoms with van der Waals surface area (Å²) in [6, 6.07) is 8.87. The van der Waals surface area contributed by atoms with E-state index in [1.807, 2.05) is 0 Å². The molecule has 1 saturated carbocycles. The molecular formula is C16H23BrIN3. The number of aliphatic imine (C=N–C) groups is 1. The van der Waals surface area contributed by atoms with Crippen LogP contribution in [0.5, 0.6) is 0 Å². The van der Waals surface area contributed by atoms with Gasteiger partial charge in [0.2, 0.25) is 0 Å². The van der Waals surface area contributed by atoms with Crippen LogP contribution in [-0.2, 0) is 5.41 Å². The van der Waals surface area contributed by atoms with Crippen molar-refractivity contribution < 1.29 is 0 Å². The van der Waals surface area contributed by atoms with E-state index in [0.29, 0.717) is 0 Å². The first kappa shape index (κ1) is 17.1. The van der Waals surface area contributed by atoms with Gasteiger partial charge in [-0.25, -0.2) is 0 Å². The van der Waals surface area contributed by atoms with Crippen LogP contribution in [0.1, 0.15) is 31.2 Å². The molecule has 1 fully saturated rings. The van der Waals surface area contributed by atoms with Crippen molar-refractivity contribution in [1.82, 2.24) is 10.2 Å². The molecule has 1 heterocycles. The van der Waals surface area contributed by atoms with E-state index < -0.39 is 0 Å². The number of rotatable bonds is 3. The first-order valence-electron chi connectivity index (χ1n) is 7.45. The van der Waals surface area contributed by atoms with Crippen molar-refractivity contribution in [2.75, 3.05) is 26.7 Å². The van der Waals surface area contributed by atoms with Crippen LogP contribution in [0.2, 0.25) is 0 Å². The lowest BCUT2D eigenvalue weighted by atomic mass is 9.79. The van der Waals surface area contributed by atoms with Crippen LogP contribution in [0.3, 0.4) is 0 Å². The van der Waals surface area contributed by atoms with Gasteiger partial charge in [0.25, 0.3) is 0 Å². The molecule has 3 rings (SSSR count). The van der Waals surface area contributed by atoms with Crippen molar-refractivity contribution in [2.24, 2.45) is 4.99 Å². The Kier molecular flexibility index (Phi) is 5.94. The van der Waals surface area contributed by atoms with Crippen LogP contribution in [0.15, 0.2) is 33.7 Å². The SMILES string of the molecule is CN1CCN=C1NCC1(c2ccc(Br)cc2)CCCC1.I. The lowest BCUT2D eigenvalue weighted by Crippen LogP contribution is -2.43. The monoisotopic (exact) mass is 463 g/mol. The Labute approximate surface area is 152 Å². The number of hydrogen-bond acceptors (Lipinski definition) is 3. The zero-order chi connectivity index (χ0) is 14.0. The largest absolute Gasteiger partial charge is 0.355 e. The molecule has 0 bridgehead atoms. The average molecular weight is 464 g/mol. The predicted octanol–water partition coefficient (Wildman–Crippen LogP) is 3.77. The Morgan fingerprint density at radius 1 is 1.24 bits per heavy atom. The van der Waals surface area contributed by atoms with E-state index >= 15 is 0 Å². The van der Waals surface area contributed by atoms with E-state index in [2.05, 4.69) is 62.5 Å². The molecule has 0 unspecified atom stereocenters. The van der Waals surface area contributed by atoms with Gasteiger partial charge in [0, 0.05) is 30.0 Å². The van der Waals surface area contributed by atoms with E-state index in [9.17, 15) is 0 Å². The molecule has 1 aromatic carbocycles. The maximum atomic E-state index is 4.54. The molecule has 0 saturated heterocycles. The average Bonchev–Trinajstić information content (AvgIpc) is 3.07. The zero-order valence-corrected chi connectivity index (χ0v) is 16.4.